The van der Waals surface area contributed by atoms with E-state index in [4.69, 9.17) is 4.74 Å². The van der Waals surface area contributed by atoms with Crippen LogP contribution >= 0.6 is 0 Å². The maximum atomic E-state index is 12.4. The summed E-state index contributed by atoms with van der Waals surface area (Å²) in [5, 5.41) is 11.0. The van der Waals surface area contributed by atoms with Crippen molar-refractivity contribution in [1.82, 2.24) is 0 Å². The van der Waals surface area contributed by atoms with Crippen LogP contribution in [0.1, 0.15) is 46.5 Å². The van der Waals surface area contributed by atoms with Gasteiger partial charge >= 0.3 is 5.97 Å². The SMILES string of the molecule is CC1C=CC=CC(C)C2C=CC3CCCC(C)C3C2C(O)=CC(=O)CC(=O)O1. The van der Waals surface area contributed by atoms with Crippen LogP contribution < -0.4 is 0 Å². The van der Waals surface area contributed by atoms with Gasteiger partial charge in [0.15, 0.2) is 5.78 Å². The number of ketones is 1. The molecule has 1 fully saturated rings. The molecule has 4 heteroatoms. The molecule has 7 atom stereocenters. The molecule has 0 aromatic carbocycles. The van der Waals surface area contributed by atoms with E-state index in [1.807, 2.05) is 12.2 Å². The summed E-state index contributed by atoms with van der Waals surface area (Å²) >= 11 is 0. The number of esters is 1. The average Bonchev–Trinajstić information content (AvgIpc) is 2.63. The molecule has 0 radical (unpaired) electrons. The van der Waals surface area contributed by atoms with E-state index in [2.05, 4.69) is 32.1 Å². The minimum absolute atomic E-state index is 0.101. The number of fused-ring (bicyclic) bond motifs is 3. The van der Waals surface area contributed by atoms with Crippen LogP contribution in [-0.2, 0) is 14.3 Å². The molecule has 0 spiro atoms. The number of cyclic esters (lactones) is 1. The second-order valence-corrected chi connectivity index (χ2v) is 8.67. The summed E-state index contributed by atoms with van der Waals surface area (Å²) in [5.41, 5.74) is 0. The van der Waals surface area contributed by atoms with E-state index in [0.717, 1.165) is 12.8 Å². The Morgan fingerprint density at radius 3 is 2.54 bits per heavy atom. The van der Waals surface area contributed by atoms with Gasteiger partial charge in [-0.25, -0.2) is 0 Å². The Morgan fingerprint density at radius 2 is 1.75 bits per heavy atom. The quantitative estimate of drug-likeness (QED) is 0.365. The lowest BCUT2D eigenvalue weighted by molar-refractivity contribution is -0.147. The zero-order valence-electron chi connectivity index (χ0n) is 17.1. The fourth-order valence-electron chi connectivity index (χ4n) is 5.20. The van der Waals surface area contributed by atoms with Crippen molar-refractivity contribution in [3.63, 3.8) is 0 Å². The second kappa shape index (κ2) is 8.93. The van der Waals surface area contributed by atoms with Crippen molar-refractivity contribution in [2.75, 3.05) is 0 Å². The van der Waals surface area contributed by atoms with E-state index in [9.17, 15) is 14.7 Å². The Labute approximate surface area is 168 Å². The lowest BCUT2D eigenvalue weighted by Gasteiger charge is -2.46. The summed E-state index contributed by atoms with van der Waals surface area (Å²) in [7, 11) is 0. The van der Waals surface area contributed by atoms with Gasteiger partial charge in [0.2, 0.25) is 0 Å². The molecule has 1 aliphatic heterocycles. The lowest BCUT2D eigenvalue weighted by Crippen LogP contribution is -2.41. The van der Waals surface area contributed by atoms with Crippen LogP contribution in [0.5, 0.6) is 0 Å². The van der Waals surface area contributed by atoms with Crippen LogP contribution in [0.15, 0.2) is 48.3 Å². The van der Waals surface area contributed by atoms with Gasteiger partial charge in [-0.1, -0.05) is 57.1 Å². The summed E-state index contributed by atoms with van der Waals surface area (Å²) < 4.78 is 5.23. The van der Waals surface area contributed by atoms with Crippen LogP contribution in [0.2, 0.25) is 0 Å². The molecular weight excluding hydrogens is 352 g/mol. The molecule has 0 bridgehead atoms. The first-order chi connectivity index (χ1) is 13.4. The zero-order valence-corrected chi connectivity index (χ0v) is 17.1. The van der Waals surface area contributed by atoms with Crippen LogP contribution in [0.25, 0.3) is 0 Å². The van der Waals surface area contributed by atoms with Gasteiger partial charge in [0.1, 0.15) is 12.5 Å². The number of hydrogen-bond acceptors (Lipinski definition) is 4. The third kappa shape index (κ3) is 4.65. The molecule has 1 N–H and O–H groups in total. The predicted molar refractivity (Wildman–Crippen MR) is 109 cm³/mol. The van der Waals surface area contributed by atoms with E-state index in [-0.39, 0.29) is 29.9 Å². The number of hydrogen-bond donors (Lipinski definition) is 1. The van der Waals surface area contributed by atoms with Crippen molar-refractivity contribution >= 4 is 11.8 Å². The van der Waals surface area contributed by atoms with Crippen molar-refractivity contribution in [3.05, 3.63) is 48.3 Å². The Kier molecular flexibility index (Phi) is 6.58. The van der Waals surface area contributed by atoms with Gasteiger partial charge in [0.25, 0.3) is 0 Å². The number of ether oxygens (including phenoxy) is 1. The molecular formula is C24H32O4. The maximum absolute atomic E-state index is 12.4. The van der Waals surface area contributed by atoms with E-state index in [0.29, 0.717) is 17.8 Å². The topological polar surface area (TPSA) is 63.6 Å². The number of aliphatic hydroxyl groups excluding tert-OH is 1. The fourth-order valence-corrected chi connectivity index (χ4v) is 5.20. The highest BCUT2D eigenvalue weighted by atomic mass is 16.5. The van der Waals surface area contributed by atoms with Gasteiger partial charge in [-0.15, -0.1) is 0 Å². The molecule has 3 rings (SSSR count). The van der Waals surface area contributed by atoms with Crippen LogP contribution in [-0.4, -0.2) is 23.0 Å². The van der Waals surface area contributed by atoms with Gasteiger partial charge in [0, 0.05) is 12.0 Å². The van der Waals surface area contributed by atoms with Crippen LogP contribution in [0.3, 0.4) is 0 Å². The molecule has 0 aromatic heterocycles. The molecule has 0 saturated heterocycles. The van der Waals surface area contributed by atoms with Gasteiger partial charge in [0.05, 0.1) is 5.76 Å². The zero-order chi connectivity index (χ0) is 20.3. The highest BCUT2D eigenvalue weighted by molar-refractivity contribution is 6.02. The molecule has 4 nitrogen and oxygen atoms in total. The second-order valence-electron chi connectivity index (χ2n) is 8.67. The normalized spacial score (nSPS) is 39.4. The molecule has 28 heavy (non-hydrogen) atoms. The average molecular weight is 385 g/mol. The van der Waals surface area contributed by atoms with Crippen molar-refractivity contribution < 1.29 is 19.4 Å². The van der Waals surface area contributed by atoms with Crippen molar-refractivity contribution in [3.8, 4) is 0 Å². The predicted octanol–water partition coefficient (Wildman–Crippen LogP) is 4.94. The Hall–Kier alpha value is -2.10. The third-order valence-electron chi connectivity index (χ3n) is 6.56. The first-order valence-corrected chi connectivity index (χ1v) is 10.5. The summed E-state index contributed by atoms with van der Waals surface area (Å²) in [6, 6.07) is 0. The lowest BCUT2D eigenvalue weighted by atomic mass is 9.58. The monoisotopic (exact) mass is 384 g/mol. The number of rotatable bonds is 0. The third-order valence-corrected chi connectivity index (χ3v) is 6.56. The standard InChI is InChI=1S/C24H32O4/c1-15-7-4-5-9-17(3)28-22(27)14-19(25)13-21(26)24-20(15)12-11-18-10-6-8-16(2)23(18)24/h4-5,7,9,11-13,15-18,20,23-24,26H,6,8,10,14H2,1-3H3. The van der Waals surface area contributed by atoms with Crippen LogP contribution in [0.4, 0.5) is 0 Å². The Morgan fingerprint density at radius 1 is 1.00 bits per heavy atom. The Bertz CT molecular complexity index is 714. The molecule has 2 aliphatic carbocycles. The summed E-state index contributed by atoms with van der Waals surface area (Å²) in [6.07, 6.45) is 16.4. The molecule has 7 unspecified atom stereocenters. The van der Waals surface area contributed by atoms with Gasteiger partial charge in [-0.3, -0.25) is 9.59 Å². The van der Waals surface area contributed by atoms with Gasteiger partial charge in [-0.2, -0.15) is 0 Å². The van der Waals surface area contributed by atoms with Crippen molar-refractivity contribution in [1.29, 1.82) is 0 Å². The van der Waals surface area contributed by atoms with E-state index < -0.39 is 17.9 Å². The van der Waals surface area contributed by atoms with Crippen molar-refractivity contribution in [2.45, 2.75) is 52.6 Å². The van der Waals surface area contributed by atoms with E-state index >= 15 is 0 Å². The largest absolute Gasteiger partial charge is 0.512 e. The summed E-state index contributed by atoms with van der Waals surface area (Å²) in [4.78, 5) is 24.4. The first-order valence-electron chi connectivity index (χ1n) is 10.5. The van der Waals surface area contributed by atoms with Gasteiger partial charge in [-0.05, 0) is 49.0 Å². The van der Waals surface area contributed by atoms with E-state index in [1.54, 1.807) is 13.0 Å². The van der Waals surface area contributed by atoms with E-state index in [1.165, 1.54) is 12.5 Å². The Balaban J connectivity index is 2.00. The van der Waals surface area contributed by atoms with Crippen molar-refractivity contribution in [2.24, 2.45) is 35.5 Å². The number of carbonyl (C=O) groups excluding carboxylic acids is 2. The maximum Gasteiger partial charge on any atom is 0.314 e. The minimum atomic E-state index is -0.565. The molecule has 1 heterocycles. The molecule has 0 aromatic rings. The summed E-state index contributed by atoms with van der Waals surface area (Å²) in [5.74, 6) is 0.651. The number of carbonyl (C=O) groups is 2. The number of aliphatic hydroxyl groups is 1. The number of allylic oxidation sites excluding steroid dienone is 7. The first kappa shape index (κ1) is 20.6. The smallest absolute Gasteiger partial charge is 0.314 e. The molecule has 0 amide bonds. The van der Waals surface area contributed by atoms with Gasteiger partial charge < -0.3 is 9.84 Å². The molecule has 3 aliphatic rings. The molecule has 152 valence electrons. The molecule has 1 saturated carbocycles. The minimum Gasteiger partial charge on any atom is -0.512 e. The highest BCUT2D eigenvalue weighted by Gasteiger charge is 2.44. The highest BCUT2D eigenvalue weighted by Crippen LogP contribution is 2.50. The fraction of sp³-hybridized carbons (Fsp3) is 0.583. The summed E-state index contributed by atoms with van der Waals surface area (Å²) in [6.45, 7) is 6.18. The van der Waals surface area contributed by atoms with Crippen LogP contribution in [0, 0.1) is 35.5 Å².